The number of imidazole rings is 1. The number of nitrogens with zero attached hydrogens (tertiary/aromatic N) is 2. The lowest BCUT2D eigenvalue weighted by Crippen LogP contribution is -2.31. The van der Waals surface area contributed by atoms with Crippen molar-refractivity contribution < 1.29 is 0 Å². The third kappa shape index (κ3) is 2.86. The van der Waals surface area contributed by atoms with Gasteiger partial charge in [-0.15, -0.1) is 0 Å². The fourth-order valence-corrected chi connectivity index (χ4v) is 3.98. The maximum Gasteiger partial charge on any atom is 0.0950 e. The lowest BCUT2D eigenvalue weighted by Gasteiger charge is -2.32. The van der Waals surface area contributed by atoms with Gasteiger partial charge in [-0.3, -0.25) is 0 Å². The second kappa shape index (κ2) is 6.08. The van der Waals surface area contributed by atoms with Crippen LogP contribution >= 0.6 is 0 Å². The van der Waals surface area contributed by atoms with Crippen LogP contribution in [0.25, 0.3) is 0 Å². The Morgan fingerprint density at radius 2 is 1.79 bits per heavy atom. The van der Waals surface area contributed by atoms with Gasteiger partial charge in [-0.2, -0.15) is 0 Å². The third-order valence-electron chi connectivity index (χ3n) is 5.22. The van der Waals surface area contributed by atoms with Crippen molar-refractivity contribution in [3.8, 4) is 0 Å². The molecule has 19 heavy (non-hydrogen) atoms. The van der Waals surface area contributed by atoms with Crippen LogP contribution in [0.5, 0.6) is 0 Å². The van der Waals surface area contributed by atoms with Gasteiger partial charge in [0.1, 0.15) is 0 Å². The Morgan fingerprint density at radius 1 is 1.05 bits per heavy atom. The molecule has 1 heterocycles. The molecule has 0 unspecified atom stereocenters. The van der Waals surface area contributed by atoms with Gasteiger partial charge in [-0.25, -0.2) is 4.98 Å². The summed E-state index contributed by atoms with van der Waals surface area (Å²) in [6.07, 6.45) is 16.4. The van der Waals surface area contributed by atoms with Crippen LogP contribution in [0.4, 0.5) is 0 Å². The Labute approximate surface area is 116 Å². The van der Waals surface area contributed by atoms with Crippen LogP contribution in [0.1, 0.15) is 75.4 Å². The van der Waals surface area contributed by atoms with Gasteiger partial charge < -0.3 is 9.88 Å². The number of rotatable bonds is 3. The van der Waals surface area contributed by atoms with Crippen LogP contribution in [0, 0.1) is 0 Å². The van der Waals surface area contributed by atoms with E-state index in [4.69, 9.17) is 0 Å². The summed E-state index contributed by atoms with van der Waals surface area (Å²) in [4.78, 5) is 4.46. The van der Waals surface area contributed by atoms with E-state index in [1.165, 1.54) is 63.5 Å². The summed E-state index contributed by atoms with van der Waals surface area (Å²) in [6.45, 7) is 0. The average Bonchev–Trinajstić information content (AvgIpc) is 2.98. The predicted octanol–water partition coefficient (Wildman–Crippen LogP) is 3.63. The molecule has 3 nitrogen and oxygen atoms in total. The first-order chi connectivity index (χ1) is 9.38. The molecule has 1 aromatic rings. The van der Waals surface area contributed by atoms with E-state index in [0.29, 0.717) is 6.04 Å². The first-order valence-electron chi connectivity index (χ1n) is 8.07. The lowest BCUT2D eigenvalue weighted by molar-refractivity contribution is 0.289. The quantitative estimate of drug-likeness (QED) is 0.900. The molecule has 0 aliphatic heterocycles. The van der Waals surface area contributed by atoms with Gasteiger partial charge in [0.05, 0.1) is 6.33 Å². The van der Waals surface area contributed by atoms with Crippen LogP contribution in [0.15, 0.2) is 12.5 Å². The molecule has 0 atom stereocenters. The molecule has 0 aromatic carbocycles. The van der Waals surface area contributed by atoms with Crippen molar-refractivity contribution in [2.45, 2.75) is 75.8 Å². The van der Waals surface area contributed by atoms with Gasteiger partial charge >= 0.3 is 0 Å². The predicted molar refractivity (Wildman–Crippen MR) is 78.4 cm³/mol. The standard InChI is InChI=1S/C16H27N3/c1-17-14-7-9-15(10-8-14)19-12-18-11-16(19)13-5-3-2-4-6-13/h11-15,17H,2-10H2,1H3. The highest BCUT2D eigenvalue weighted by Crippen LogP contribution is 2.36. The zero-order valence-corrected chi connectivity index (χ0v) is 12.1. The minimum Gasteiger partial charge on any atom is -0.331 e. The highest BCUT2D eigenvalue weighted by molar-refractivity contribution is 5.09. The van der Waals surface area contributed by atoms with Gasteiger partial charge in [-0.05, 0) is 45.6 Å². The van der Waals surface area contributed by atoms with E-state index in [-0.39, 0.29) is 0 Å². The van der Waals surface area contributed by atoms with Gasteiger partial charge in [0.15, 0.2) is 0 Å². The lowest BCUT2D eigenvalue weighted by atomic mass is 9.86. The fourth-order valence-electron chi connectivity index (χ4n) is 3.98. The summed E-state index contributed by atoms with van der Waals surface area (Å²) >= 11 is 0. The zero-order chi connectivity index (χ0) is 13.1. The molecule has 0 spiro atoms. The highest BCUT2D eigenvalue weighted by atomic mass is 15.1. The minimum atomic E-state index is 0.698. The largest absolute Gasteiger partial charge is 0.331 e. The Morgan fingerprint density at radius 3 is 2.47 bits per heavy atom. The highest BCUT2D eigenvalue weighted by Gasteiger charge is 2.25. The van der Waals surface area contributed by atoms with Gasteiger partial charge in [0.25, 0.3) is 0 Å². The number of nitrogens with one attached hydrogen (secondary N) is 1. The molecule has 1 aromatic heterocycles. The van der Waals surface area contributed by atoms with Crippen molar-refractivity contribution in [3.63, 3.8) is 0 Å². The maximum atomic E-state index is 4.46. The van der Waals surface area contributed by atoms with Gasteiger partial charge in [0.2, 0.25) is 0 Å². The Bertz CT molecular complexity index is 384. The van der Waals surface area contributed by atoms with E-state index in [1.54, 1.807) is 0 Å². The molecule has 0 radical (unpaired) electrons. The van der Waals surface area contributed by atoms with Crippen LogP contribution in [0.3, 0.4) is 0 Å². The molecule has 3 heteroatoms. The first kappa shape index (κ1) is 13.2. The monoisotopic (exact) mass is 261 g/mol. The second-order valence-corrected chi connectivity index (χ2v) is 6.35. The summed E-state index contributed by atoms with van der Waals surface area (Å²) in [5.74, 6) is 0.776. The van der Waals surface area contributed by atoms with Crippen molar-refractivity contribution in [2.75, 3.05) is 7.05 Å². The molecular formula is C16H27N3. The molecule has 2 aliphatic rings. The molecular weight excluding hydrogens is 234 g/mol. The van der Waals surface area contributed by atoms with Crippen LogP contribution in [-0.2, 0) is 0 Å². The van der Waals surface area contributed by atoms with Crippen molar-refractivity contribution in [2.24, 2.45) is 0 Å². The van der Waals surface area contributed by atoms with Crippen LogP contribution in [-0.4, -0.2) is 22.6 Å². The van der Waals surface area contributed by atoms with Crippen LogP contribution < -0.4 is 5.32 Å². The Kier molecular flexibility index (Phi) is 4.21. The summed E-state index contributed by atoms with van der Waals surface area (Å²) < 4.78 is 2.52. The van der Waals surface area contributed by atoms with Crippen molar-refractivity contribution in [1.82, 2.24) is 14.9 Å². The molecule has 2 fully saturated rings. The van der Waals surface area contributed by atoms with Gasteiger partial charge in [0, 0.05) is 29.9 Å². The Balaban J connectivity index is 1.69. The molecule has 3 rings (SSSR count). The molecule has 0 bridgehead atoms. The zero-order valence-electron chi connectivity index (χ0n) is 12.1. The normalized spacial score (nSPS) is 29.5. The van der Waals surface area contributed by atoms with Crippen molar-refractivity contribution in [1.29, 1.82) is 0 Å². The summed E-state index contributed by atoms with van der Waals surface area (Å²) in [5.41, 5.74) is 1.52. The van der Waals surface area contributed by atoms with E-state index < -0.39 is 0 Å². The number of aromatic nitrogens is 2. The molecule has 106 valence electrons. The first-order valence-corrected chi connectivity index (χ1v) is 8.07. The summed E-state index contributed by atoms with van der Waals surface area (Å²) in [6, 6.07) is 1.43. The summed E-state index contributed by atoms with van der Waals surface area (Å²) in [7, 11) is 2.09. The number of hydrogen-bond acceptors (Lipinski definition) is 2. The molecule has 2 aliphatic carbocycles. The van der Waals surface area contributed by atoms with Gasteiger partial charge in [-0.1, -0.05) is 19.3 Å². The maximum absolute atomic E-state index is 4.46. The third-order valence-corrected chi connectivity index (χ3v) is 5.22. The van der Waals surface area contributed by atoms with E-state index in [0.717, 1.165) is 12.0 Å². The SMILES string of the molecule is CNC1CCC(n2cncc2C2CCCCC2)CC1. The average molecular weight is 261 g/mol. The van der Waals surface area contributed by atoms with Crippen molar-refractivity contribution >= 4 is 0 Å². The molecule has 2 saturated carbocycles. The molecule has 1 N–H and O–H groups in total. The van der Waals surface area contributed by atoms with E-state index in [1.807, 2.05) is 0 Å². The van der Waals surface area contributed by atoms with E-state index in [2.05, 4.69) is 34.4 Å². The summed E-state index contributed by atoms with van der Waals surface area (Å²) in [5, 5.41) is 3.42. The smallest absolute Gasteiger partial charge is 0.0950 e. The van der Waals surface area contributed by atoms with Crippen molar-refractivity contribution in [3.05, 3.63) is 18.2 Å². The van der Waals surface area contributed by atoms with Crippen LogP contribution in [0.2, 0.25) is 0 Å². The van der Waals surface area contributed by atoms with E-state index >= 15 is 0 Å². The molecule has 0 amide bonds. The second-order valence-electron chi connectivity index (χ2n) is 6.35. The minimum absolute atomic E-state index is 0.698. The van der Waals surface area contributed by atoms with E-state index in [9.17, 15) is 0 Å². The number of hydrogen-bond donors (Lipinski definition) is 1. The molecule has 0 saturated heterocycles. The fraction of sp³-hybridized carbons (Fsp3) is 0.812. The Hall–Kier alpha value is -0.830. The topological polar surface area (TPSA) is 29.9 Å².